The van der Waals surface area contributed by atoms with E-state index in [9.17, 15) is 14.4 Å². The number of nitriles is 1. The Balaban J connectivity index is 2.05. The van der Waals surface area contributed by atoms with Crippen molar-refractivity contribution in [2.24, 2.45) is 5.73 Å². The smallest absolute Gasteiger partial charge is 0.255 e. The molecule has 3 N–H and O–H groups in total. The summed E-state index contributed by atoms with van der Waals surface area (Å²) in [6.45, 7) is 1.61. The van der Waals surface area contributed by atoms with Gasteiger partial charge in [-0.05, 0) is 36.8 Å². The molecule has 3 rings (SSSR count). The minimum Gasteiger partial charge on any atom is -0.445 e. The Hall–Kier alpha value is -3.59. The molecule has 130 valence electrons. The number of anilines is 1. The number of amides is 1. The third kappa shape index (κ3) is 3.28. The first-order chi connectivity index (χ1) is 12.5. The van der Waals surface area contributed by atoms with Gasteiger partial charge in [-0.15, -0.1) is 0 Å². The summed E-state index contributed by atoms with van der Waals surface area (Å²) in [6, 6.07) is 16.5. The van der Waals surface area contributed by atoms with Crippen molar-refractivity contribution in [3.8, 4) is 6.07 Å². The number of carbonyl (C=O) groups excluding carboxylic acids is 1. The highest BCUT2D eigenvalue weighted by Gasteiger charge is 2.35. The molecule has 5 nitrogen and oxygen atoms in total. The van der Waals surface area contributed by atoms with Gasteiger partial charge in [0.25, 0.3) is 5.91 Å². The van der Waals surface area contributed by atoms with Crippen LogP contribution in [-0.2, 0) is 9.53 Å². The molecule has 1 heterocycles. The zero-order valence-corrected chi connectivity index (χ0v) is 14.0. The predicted molar refractivity (Wildman–Crippen MR) is 94.8 cm³/mol. The molecule has 0 saturated heterocycles. The SMILES string of the molecule is CC1=C(C(=O)Nc2ccccc2)[C@H](c2ccc(F)cc2)C(C#N)=C(N)O1. The first-order valence-corrected chi connectivity index (χ1v) is 7.91. The van der Waals surface area contributed by atoms with Crippen molar-refractivity contribution in [2.75, 3.05) is 5.32 Å². The second kappa shape index (κ2) is 7.11. The Morgan fingerprint density at radius 1 is 1.19 bits per heavy atom. The number of nitrogens with zero attached hydrogens (tertiary/aromatic N) is 1. The molecule has 1 amide bonds. The van der Waals surface area contributed by atoms with Gasteiger partial charge >= 0.3 is 0 Å². The summed E-state index contributed by atoms with van der Waals surface area (Å²) in [7, 11) is 0. The fraction of sp³-hybridized carbons (Fsp3) is 0.100. The van der Waals surface area contributed by atoms with Gasteiger partial charge in [0.2, 0.25) is 5.88 Å². The summed E-state index contributed by atoms with van der Waals surface area (Å²) >= 11 is 0. The Morgan fingerprint density at radius 2 is 1.85 bits per heavy atom. The lowest BCUT2D eigenvalue weighted by atomic mass is 9.82. The van der Waals surface area contributed by atoms with Crippen LogP contribution in [0.15, 0.2) is 77.4 Å². The van der Waals surface area contributed by atoms with Crippen molar-refractivity contribution in [1.82, 2.24) is 0 Å². The van der Waals surface area contributed by atoms with Crippen molar-refractivity contribution < 1.29 is 13.9 Å². The number of allylic oxidation sites excluding steroid dienone is 2. The summed E-state index contributed by atoms with van der Waals surface area (Å²) in [6.07, 6.45) is 0. The van der Waals surface area contributed by atoms with Crippen LogP contribution in [0.5, 0.6) is 0 Å². The average Bonchev–Trinajstić information content (AvgIpc) is 2.62. The molecule has 1 atom stereocenters. The Bertz CT molecular complexity index is 941. The molecule has 1 aliphatic rings. The highest BCUT2D eigenvalue weighted by atomic mass is 19.1. The van der Waals surface area contributed by atoms with E-state index in [1.807, 2.05) is 12.1 Å². The van der Waals surface area contributed by atoms with E-state index >= 15 is 0 Å². The Kier molecular flexibility index (Phi) is 4.72. The highest BCUT2D eigenvalue weighted by molar-refractivity contribution is 6.06. The molecule has 0 spiro atoms. The van der Waals surface area contributed by atoms with Gasteiger partial charge in [0.1, 0.15) is 23.2 Å². The van der Waals surface area contributed by atoms with E-state index in [4.69, 9.17) is 10.5 Å². The van der Waals surface area contributed by atoms with Crippen LogP contribution in [0.3, 0.4) is 0 Å². The number of hydrogen-bond acceptors (Lipinski definition) is 4. The van der Waals surface area contributed by atoms with E-state index in [0.717, 1.165) is 0 Å². The van der Waals surface area contributed by atoms with Crippen molar-refractivity contribution >= 4 is 11.6 Å². The summed E-state index contributed by atoms with van der Waals surface area (Å²) in [5, 5.41) is 12.3. The normalized spacial score (nSPS) is 16.7. The zero-order chi connectivity index (χ0) is 18.7. The third-order valence-corrected chi connectivity index (χ3v) is 4.09. The molecule has 0 aromatic heterocycles. The lowest BCUT2D eigenvalue weighted by molar-refractivity contribution is -0.113. The minimum absolute atomic E-state index is 0.0596. The fourth-order valence-electron chi connectivity index (χ4n) is 2.88. The molecule has 0 fully saturated rings. The molecule has 0 radical (unpaired) electrons. The molecule has 6 heteroatoms. The number of hydrogen-bond donors (Lipinski definition) is 2. The molecule has 0 saturated carbocycles. The van der Waals surface area contributed by atoms with Crippen LogP contribution in [-0.4, -0.2) is 5.91 Å². The number of carbonyl (C=O) groups is 1. The molecule has 1 aliphatic heterocycles. The molecule has 2 aromatic rings. The molecule has 26 heavy (non-hydrogen) atoms. The predicted octanol–water partition coefficient (Wildman–Crippen LogP) is 3.55. The summed E-state index contributed by atoms with van der Waals surface area (Å²) in [4.78, 5) is 12.9. The van der Waals surface area contributed by atoms with Crippen LogP contribution in [0.2, 0.25) is 0 Å². The third-order valence-electron chi connectivity index (χ3n) is 4.09. The maximum Gasteiger partial charge on any atom is 0.255 e. The quantitative estimate of drug-likeness (QED) is 0.887. The van der Waals surface area contributed by atoms with E-state index in [1.165, 1.54) is 24.3 Å². The molecular weight excluding hydrogens is 333 g/mol. The number of halogens is 1. The van der Waals surface area contributed by atoms with Gasteiger partial charge in [0, 0.05) is 5.69 Å². The van der Waals surface area contributed by atoms with Crippen molar-refractivity contribution in [2.45, 2.75) is 12.8 Å². The van der Waals surface area contributed by atoms with E-state index in [2.05, 4.69) is 5.32 Å². The number of ether oxygens (including phenoxy) is 1. The van der Waals surface area contributed by atoms with E-state index < -0.39 is 17.6 Å². The number of para-hydroxylation sites is 1. The van der Waals surface area contributed by atoms with Crippen LogP contribution in [0.4, 0.5) is 10.1 Å². The van der Waals surface area contributed by atoms with Crippen molar-refractivity contribution in [1.29, 1.82) is 5.26 Å². The topological polar surface area (TPSA) is 88.1 Å². The number of nitrogens with one attached hydrogen (secondary N) is 1. The summed E-state index contributed by atoms with van der Waals surface area (Å²) in [5.74, 6) is -1.33. The Labute approximate surface area is 150 Å². The van der Waals surface area contributed by atoms with E-state index in [0.29, 0.717) is 17.0 Å². The lowest BCUT2D eigenvalue weighted by Gasteiger charge is -2.27. The maximum atomic E-state index is 13.3. The largest absolute Gasteiger partial charge is 0.445 e. The summed E-state index contributed by atoms with van der Waals surface area (Å²) < 4.78 is 18.7. The standard InChI is InChI=1S/C20H16FN3O2/c1-12-17(20(25)24-15-5-3-2-4-6-15)18(16(11-22)19(23)26-12)13-7-9-14(21)10-8-13/h2-10,18H,23H2,1H3,(H,24,25)/t18-/m1/s1. The van der Waals surface area contributed by atoms with Gasteiger partial charge in [0.15, 0.2) is 0 Å². The number of benzene rings is 2. The van der Waals surface area contributed by atoms with Crippen LogP contribution >= 0.6 is 0 Å². The van der Waals surface area contributed by atoms with Gasteiger partial charge in [-0.1, -0.05) is 30.3 Å². The first-order valence-electron chi connectivity index (χ1n) is 7.91. The lowest BCUT2D eigenvalue weighted by Crippen LogP contribution is -2.27. The fourth-order valence-corrected chi connectivity index (χ4v) is 2.88. The number of rotatable bonds is 3. The van der Waals surface area contributed by atoms with Crippen LogP contribution in [0.25, 0.3) is 0 Å². The van der Waals surface area contributed by atoms with Gasteiger partial charge in [0.05, 0.1) is 11.5 Å². The highest BCUT2D eigenvalue weighted by Crippen LogP contribution is 2.39. The van der Waals surface area contributed by atoms with Gasteiger partial charge in [-0.25, -0.2) is 4.39 Å². The number of nitrogens with two attached hydrogens (primary N) is 1. The second-order valence-electron chi connectivity index (χ2n) is 5.77. The van der Waals surface area contributed by atoms with Crippen LogP contribution in [0, 0.1) is 17.1 Å². The van der Waals surface area contributed by atoms with Gasteiger partial charge in [-0.3, -0.25) is 4.79 Å². The molecule has 0 bridgehead atoms. The van der Waals surface area contributed by atoms with Gasteiger partial charge < -0.3 is 15.8 Å². The Morgan fingerprint density at radius 3 is 2.46 bits per heavy atom. The average molecular weight is 349 g/mol. The summed E-state index contributed by atoms with van der Waals surface area (Å²) in [5.41, 5.74) is 7.40. The minimum atomic E-state index is -0.738. The molecule has 2 aromatic carbocycles. The van der Waals surface area contributed by atoms with E-state index in [-0.39, 0.29) is 17.0 Å². The molecular formula is C20H16FN3O2. The zero-order valence-electron chi connectivity index (χ0n) is 14.0. The first kappa shape index (κ1) is 17.2. The van der Waals surface area contributed by atoms with Crippen LogP contribution in [0.1, 0.15) is 18.4 Å². The second-order valence-corrected chi connectivity index (χ2v) is 5.77. The van der Waals surface area contributed by atoms with Crippen molar-refractivity contribution in [3.63, 3.8) is 0 Å². The molecule has 0 unspecified atom stereocenters. The maximum absolute atomic E-state index is 13.3. The monoisotopic (exact) mass is 349 g/mol. The van der Waals surface area contributed by atoms with Gasteiger partial charge in [-0.2, -0.15) is 5.26 Å². The van der Waals surface area contributed by atoms with Crippen LogP contribution < -0.4 is 11.1 Å². The molecule has 0 aliphatic carbocycles. The van der Waals surface area contributed by atoms with Crippen molar-refractivity contribution in [3.05, 3.63) is 88.8 Å². The van der Waals surface area contributed by atoms with E-state index in [1.54, 1.807) is 31.2 Å².